The van der Waals surface area contributed by atoms with Crippen LogP contribution in [-0.4, -0.2) is 18.5 Å². The molecule has 1 fully saturated rings. The van der Waals surface area contributed by atoms with E-state index in [4.69, 9.17) is 5.73 Å². The van der Waals surface area contributed by atoms with Crippen molar-refractivity contribution < 1.29 is 4.79 Å². The molecule has 1 heterocycles. The second-order valence-corrected chi connectivity index (χ2v) is 4.70. The van der Waals surface area contributed by atoms with Gasteiger partial charge in [-0.05, 0) is 49.4 Å². The molecule has 17 heavy (non-hydrogen) atoms. The van der Waals surface area contributed by atoms with Gasteiger partial charge in [-0.3, -0.25) is 4.79 Å². The molecule has 1 aliphatic rings. The molecule has 0 radical (unpaired) electrons. The van der Waals surface area contributed by atoms with Crippen molar-refractivity contribution in [3.05, 3.63) is 35.4 Å². The molecular formula is C14H20N2O. The van der Waals surface area contributed by atoms with Crippen molar-refractivity contribution in [1.82, 2.24) is 5.32 Å². The molecule has 1 saturated heterocycles. The zero-order valence-electron chi connectivity index (χ0n) is 10.3. The second kappa shape index (κ2) is 5.32. The largest absolute Gasteiger partial charge is 0.366 e. The molecule has 3 N–H and O–H groups in total. The lowest BCUT2D eigenvalue weighted by Crippen LogP contribution is -2.28. The molecule has 2 atom stereocenters. The Balaban J connectivity index is 2.16. The maximum atomic E-state index is 11.0. The molecule has 0 bridgehead atoms. The maximum absolute atomic E-state index is 11.0. The van der Waals surface area contributed by atoms with Gasteiger partial charge in [0, 0.05) is 11.6 Å². The van der Waals surface area contributed by atoms with Gasteiger partial charge in [-0.15, -0.1) is 0 Å². The van der Waals surface area contributed by atoms with Gasteiger partial charge in [-0.2, -0.15) is 0 Å². The molecule has 1 aromatic carbocycles. The minimum atomic E-state index is -0.358. The number of benzene rings is 1. The Labute approximate surface area is 102 Å². The van der Waals surface area contributed by atoms with Crippen LogP contribution >= 0.6 is 0 Å². The normalized spacial score (nSPS) is 21.4. The highest BCUT2D eigenvalue weighted by atomic mass is 16.1. The number of carbonyl (C=O) groups is 1. The molecule has 1 amide bonds. The van der Waals surface area contributed by atoms with Crippen LogP contribution in [0.2, 0.25) is 0 Å². The van der Waals surface area contributed by atoms with E-state index in [1.807, 2.05) is 24.3 Å². The fraction of sp³-hybridized carbons (Fsp3) is 0.500. The summed E-state index contributed by atoms with van der Waals surface area (Å²) in [7, 11) is 0. The first kappa shape index (κ1) is 12.1. The number of nitrogens with two attached hydrogens (primary N) is 1. The first-order valence-electron chi connectivity index (χ1n) is 6.35. The Bertz CT molecular complexity index is 380. The van der Waals surface area contributed by atoms with Gasteiger partial charge in [0.05, 0.1) is 0 Å². The topological polar surface area (TPSA) is 55.1 Å². The summed E-state index contributed by atoms with van der Waals surface area (Å²) in [5.74, 6) is 0.183. The fourth-order valence-electron chi connectivity index (χ4n) is 2.70. The summed E-state index contributed by atoms with van der Waals surface area (Å²) in [5, 5.41) is 3.55. The molecular weight excluding hydrogens is 212 g/mol. The van der Waals surface area contributed by atoms with Crippen molar-refractivity contribution in [1.29, 1.82) is 0 Å². The van der Waals surface area contributed by atoms with Gasteiger partial charge in [0.25, 0.3) is 0 Å². The predicted molar refractivity (Wildman–Crippen MR) is 69.0 cm³/mol. The van der Waals surface area contributed by atoms with Crippen LogP contribution in [0.25, 0.3) is 0 Å². The van der Waals surface area contributed by atoms with Gasteiger partial charge in [-0.25, -0.2) is 0 Å². The first-order valence-corrected chi connectivity index (χ1v) is 6.35. The summed E-state index contributed by atoms with van der Waals surface area (Å²) in [6.07, 6.45) is 3.63. The zero-order valence-corrected chi connectivity index (χ0v) is 10.3. The van der Waals surface area contributed by atoms with Crippen LogP contribution in [0.5, 0.6) is 0 Å². The number of rotatable bonds is 4. The molecule has 2 unspecified atom stereocenters. The summed E-state index contributed by atoms with van der Waals surface area (Å²) in [6.45, 7) is 3.34. The van der Waals surface area contributed by atoms with Crippen molar-refractivity contribution in [2.45, 2.75) is 38.1 Å². The van der Waals surface area contributed by atoms with Crippen LogP contribution in [0.1, 0.15) is 48.0 Å². The van der Waals surface area contributed by atoms with Crippen LogP contribution in [-0.2, 0) is 0 Å². The van der Waals surface area contributed by atoms with Crippen LogP contribution < -0.4 is 11.1 Å². The third-order valence-electron chi connectivity index (χ3n) is 3.65. The van der Waals surface area contributed by atoms with E-state index in [1.165, 1.54) is 18.4 Å². The maximum Gasteiger partial charge on any atom is 0.248 e. The quantitative estimate of drug-likeness (QED) is 0.834. The summed E-state index contributed by atoms with van der Waals surface area (Å²) in [5.41, 5.74) is 7.13. The van der Waals surface area contributed by atoms with Gasteiger partial charge in [-0.1, -0.05) is 19.1 Å². The lowest BCUT2D eigenvalue weighted by atomic mass is 9.88. The van der Waals surface area contributed by atoms with E-state index in [-0.39, 0.29) is 5.91 Å². The van der Waals surface area contributed by atoms with Crippen molar-refractivity contribution in [2.24, 2.45) is 5.73 Å². The van der Waals surface area contributed by atoms with Gasteiger partial charge < -0.3 is 11.1 Å². The second-order valence-electron chi connectivity index (χ2n) is 4.70. The van der Waals surface area contributed by atoms with E-state index in [9.17, 15) is 4.79 Å². The molecule has 3 nitrogen and oxygen atoms in total. The van der Waals surface area contributed by atoms with Gasteiger partial charge in [0.1, 0.15) is 0 Å². The third-order valence-corrected chi connectivity index (χ3v) is 3.65. The van der Waals surface area contributed by atoms with E-state index in [0.717, 1.165) is 13.0 Å². The van der Waals surface area contributed by atoms with Crippen molar-refractivity contribution >= 4 is 5.91 Å². The highest BCUT2D eigenvalue weighted by molar-refractivity contribution is 5.92. The van der Waals surface area contributed by atoms with Gasteiger partial charge >= 0.3 is 0 Å². The molecule has 1 aliphatic heterocycles. The molecule has 0 aliphatic carbocycles. The number of nitrogens with one attached hydrogen (secondary N) is 1. The highest BCUT2D eigenvalue weighted by Crippen LogP contribution is 2.28. The van der Waals surface area contributed by atoms with Crippen molar-refractivity contribution in [3.8, 4) is 0 Å². The number of amides is 1. The number of hydrogen-bond donors (Lipinski definition) is 2. The van der Waals surface area contributed by atoms with E-state index in [2.05, 4.69) is 12.2 Å². The zero-order chi connectivity index (χ0) is 12.3. The van der Waals surface area contributed by atoms with Gasteiger partial charge in [0.2, 0.25) is 5.91 Å². The van der Waals surface area contributed by atoms with E-state index >= 15 is 0 Å². The van der Waals surface area contributed by atoms with Crippen LogP contribution in [0.3, 0.4) is 0 Å². The number of carbonyl (C=O) groups excluding carboxylic acids is 1. The average molecular weight is 232 g/mol. The Morgan fingerprint density at radius 2 is 2.18 bits per heavy atom. The molecule has 0 saturated carbocycles. The Hall–Kier alpha value is -1.35. The molecule has 2 rings (SSSR count). The summed E-state index contributed by atoms with van der Waals surface area (Å²) >= 11 is 0. The smallest absolute Gasteiger partial charge is 0.248 e. The monoisotopic (exact) mass is 232 g/mol. The molecule has 0 aromatic heterocycles. The summed E-state index contributed by atoms with van der Waals surface area (Å²) in [6, 6.07) is 8.31. The molecule has 1 aromatic rings. The summed E-state index contributed by atoms with van der Waals surface area (Å²) in [4.78, 5) is 11.0. The number of primary amides is 1. The van der Waals surface area contributed by atoms with Crippen LogP contribution in [0, 0.1) is 0 Å². The molecule has 3 heteroatoms. The Morgan fingerprint density at radius 1 is 1.47 bits per heavy atom. The highest BCUT2D eigenvalue weighted by Gasteiger charge is 2.24. The van der Waals surface area contributed by atoms with Crippen LogP contribution in [0.4, 0.5) is 0 Å². The predicted octanol–water partition coefficient (Wildman–Crippen LogP) is 2.03. The average Bonchev–Trinajstić information content (AvgIpc) is 2.84. The minimum absolute atomic E-state index is 0.358. The Kier molecular flexibility index (Phi) is 3.79. The standard InChI is InChI=1S/C14H20N2O/c1-2-12(13-4-3-9-16-13)10-5-7-11(8-6-10)14(15)17/h5-8,12-13,16H,2-4,9H2,1H3,(H2,15,17). The van der Waals surface area contributed by atoms with Crippen LogP contribution in [0.15, 0.2) is 24.3 Å². The SMILES string of the molecule is CCC(c1ccc(C(N)=O)cc1)C1CCCN1. The van der Waals surface area contributed by atoms with Crippen molar-refractivity contribution in [3.63, 3.8) is 0 Å². The summed E-state index contributed by atoms with van der Waals surface area (Å²) < 4.78 is 0. The fourth-order valence-corrected chi connectivity index (χ4v) is 2.70. The minimum Gasteiger partial charge on any atom is -0.366 e. The lowest BCUT2D eigenvalue weighted by molar-refractivity contribution is 0.100. The van der Waals surface area contributed by atoms with E-state index in [1.54, 1.807) is 0 Å². The first-order chi connectivity index (χ1) is 8.22. The Morgan fingerprint density at radius 3 is 2.65 bits per heavy atom. The van der Waals surface area contributed by atoms with Crippen molar-refractivity contribution in [2.75, 3.05) is 6.54 Å². The van der Waals surface area contributed by atoms with E-state index < -0.39 is 0 Å². The van der Waals surface area contributed by atoms with E-state index in [0.29, 0.717) is 17.5 Å². The third kappa shape index (κ3) is 2.67. The lowest BCUT2D eigenvalue weighted by Gasteiger charge is -2.23. The molecule has 92 valence electrons. The molecule has 0 spiro atoms. The van der Waals surface area contributed by atoms with Gasteiger partial charge in [0.15, 0.2) is 0 Å². The number of hydrogen-bond acceptors (Lipinski definition) is 2.